The van der Waals surface area contributed by atoms with Crippen LogP contribution in [0.4, 0.5) is 5.69 Å². The van der Waals surface area contributed by atoms with Crippen molar-refractivity contribution in [3.05, 3.63) is 58.9 Å². The maximum Gasteiger partial charge on any atom is 1.00 e. The van der Waals surface area contributed by atoms with Crippen LogP contribution in [0, 0.1) is 0 Å². The van der Waals surface area contributed by atoms with Crippen LogP contribution in [-0.4, -0.2) is 37.9 Å². The number of fused-ring (bicyclic) bond motifs is 2. The van der Waals surface area contributed by atoms with Crippen molar-refractivity contribution in [3.63, 3.8) is 0 Å². The van der Waals surface area contributed by atoms with Gasteiger partial charge in [-0.05, 0) is 35.4 Å². The molecule has 0 saturated heterocycles. The maximum absolute atomic E-state index is 12.0. The second-order valence-electron chi connectivity index (χ2n) is 7.44. The van der Waals surface area contributed by atoms with Gasteiger partial charge in [0.1, 0.15) is 25.1 Å². The summed E-state index contributed by atoms with van der Waals surface area (Å²) < 4.78 is 77.6. The van der Waals surface area contributed by atoms with Gasteiger partial charge in [-0.15, -0.1) is 0 Å². The average molecular weight is 649 g/mol. The molecule has 0 radical (unpaired) electrons. The van der Waals surface area contributed by atoms with E-state index in [1.807, 2.05) is 0 Å². The van der Waals surface area contributed by atoms with E-state index < -0.39 is 75.5 Å². The fraction of sp³-hybridized carbons (Fsp3) is 0. The molecule has 4 N–H and O–H groups in total. The summed E-state index contributed by atoms with van der Waals surface area (Å²) in [4.78, 5) is 21.0. The van der Waals surface area contributed by atoms with Crippen LogP contribution in [0.3, 0.4) is 0 Å². The SMILES string of the molecule is Nc1ccc2c(-c3ccc(C(=O)[O-])cc3C(=O)[O-])c3ccc(=[NH2+])c(S(=O)(=O)[O-])c-3oc2c1S(=O)(=O)[O-].[K+].[K+].[K+]. The molecule has 4 rings (SSSR count). The molecule has 0 amide bonds. The molecular formula is C21H11K3N2O11S2. The third-order valence-corrected chi connectivity index (χ3v) is 7.11. The topological polar surface area (TPSA) is 259 Å². The molecule has 2 aromatic carbocycles. The zero-order valence-corrected chi connectivity index (χ0v) is 31.5. The monoisotopic (exact) mass is 648 g/mol. The van der Waals surface area contributed by atoms with Gasteiger partial charge >= 0.3 is 154 Å². The number of rotatable bonds is 5. The Balaban J connectivity index is 0.00000253. The second kappa shape index (κ2) is 13.9. The van der Waals surface area contributed by atoms with Crippen LogP contribution in [0.1, 0.15) is 20.7 Å². The number of carboxylic acids is 2. The van der Waals surface area contributed by atoms with E-state index >= 15 is 0 Å². The Bertz CT molecular complexity index is 1890. The summed E-state index contributed by atoms with van der Waals surface area (Å²) >= 11 is 0. The Morgan fingerprint density at radius 1 is 0.795 bits per heavy atom. The van der Waals surface area contributed by atoms with Crippen molar-refractivity contribution >= 4 is 48.8 Å². The number of carboxylic acid groups (broad SMARTS) is 2. The minimum absolute atomic E-state index is 0. The van der Waals surface area contributed by atoms with Crippen LogP contribution in [0.15, 0.2) is 56.7 Å². The molecule has 18 heteroatoms. The molecule has 0 unspecified atom stereocenters. The van der Waals surface area contributed by atoms with Crippen molar-refractivity contribution in [2.45, 2.75) is 9.79 Å². The van der Waals surface area contributed by atoms with Crippen LogP contribution in [0.5, 0.6) is 0 Å². The second-order valence-corrected chi connectivity index (χ2v) is 10.1. The summed E-state index contributed by atoms with van der Waals surface area (Å²) in [6.45, 7) is 0. The molecule has 0 aromatic heterocycles. The van der Waals surface area contributed by atoms with Crippen LogP contribution in [0.2, 0.25) is 0 Å². The number of carbonyl (C=O) groups is 2. The summed E-state index contributed by atoms with van der Waals surface area (Å²) in [5.74, 6) is -4.38. The van der Waals surface area contributed by atoms with Gasteiger partial charge in [0.15, 0.2) is 16.2 Å². The predicted molar refractivity (Wildman–Crippen MR) is 112 cm³/mol. The molecule has 0 saturated carbocycles. The molecule has 0 spiro atoms. The molecule has 0 atom stereocenters. The summed E-state index contributed by atoms with van der Waals surface area (Å²) in [5.41, 5.74) is 2.22. The van der Waals surface area contributed by atoms with Crippen LogP contribution in [0.25, 0.3) is 33.4 Å². The van der Waals surface area contributed by atoms with E-state index in [4.69, 9.17) is 15.6 Å². The van der Waals surface area contributed by atoms with Gasteiger partial charge in [0, 0.05) is 28.1 Å². The van der Waals surface area contributed by atoms with E-state index in [9.17, 15) is 45.7 Å². The number of aromatic carboxylic acids is 2. The molecule has 1 aliphatic carbocycles. The fourth-order valence-corrected chi connectivity index (χ4v) is 5.33. The number of nitrogens with two attached hydrogens (primary N) is 2. The van der Waals surface area contributed by atoms with E-state index in [0.29, 0.717) is 6.07 Å². The van der Waals surface area contributed by atoms with Crippen LogP contribution < -0.4 is 181 Å². The van der Waals surface area contributed by atoms with Crippen molar-refractivity contribution in [1.29, 1.82) is 0 Å². The normalized spacial score (nSPS) is 11.2. The number of carbonyl (C=O) groups excluding carboxylic acids is 2. The van der Waals surface area contributed by atoms with Crippen LogP contribution >= 0.6 is 0 Å². The van der Waals surface area contributed by atoms with E-state index in [0.717, 1.165) is 36.4 Å². The fourth-order valence-electron chi connectivity index (χ4n) is 3.86. The molecular weight excluding hydrogens is 638 g/mol. The van der Waals surface area contributed by atoms with E-state index in [-0.39, 0.29) is 176 Å². The first-order valence-electron chi connectivity index (χ1n) is 9.52. The summed E-state index contributed by atoms with van der Waals surface area (Å²) in [7, 11) is -10.7. The van der Waals surface area contributed by atoms with Gasteiger partial charge in [-0.1, -0.05) is 12.1 Å². The molecule has 2 aromatic rings. The molecule has 186 valence electrons. The average Bonchev–Trinajstić information content (AvgIpc) is 2.74. The van der Waals surface area contributed by atoms with E-state index in [2.05, 4.69) is 0 Å². The van der Waals surface area contributed by atoms with Gasteiger partial charge in [-0.3, -0.25) is 5.41 Å². The summed E-state index contributed by atoms with van der Waals surface area (Å²) in [6, 6.07) is 7.00. The first-order valence-corrected chi connectivity index (χ1v) is 12.3. The molecule has 0 bridgehead atoms. The molecule has 39 heavy (non-hydrogen) atoms. The Labute approximate surface area is 348 Å². The predicted octanol–water partition coefficient (Wildman–Crippen LogP) is -12.0. The third-order valence-electron chi connectivity index (χ3n) is 5.27. The number of anilines is 1. The minimum Gasteiger partial charge on any atom is -0.744 e. The van der Waals surface area contributed by atoms with Gasteiger partial charge in [0.25, 0.3) is 0 Å². The molecule has 0 fully saturated rings. The zero-order chi connectivity index (χ0) is 26.7. The Morgan fingerprint density at radius 3 is 1.87 bits per heavy atom. The summed E-state index contributed by atoms with van der Waals surface area (Å²) in [6.07, 6.45) is 0. The van der Waals surface area contributed by atoms with Gasteiger partial charge in [-0.2, -0.15) is 0 Å². The molecule has 1 aliphatic heterocycles. The number of hydrogen-bond donors (Lipinski definition) is 2. The largest absolute Gasteiger partial charge is 1.00 e. The quantitative estimate of drug-likeness (QED) is 0.0885. The number of hydrogen-bond acceptors (Lipinski definition) is 12. The Hall–Kier alpha value is 0.599. The van der Waals surface area contributed by atoms with Gasteiger partial charge in [0.05, 0.1) is 17.6 Å². The minimum atomic E-state index is -5.37. The Kier molecular flexibility index (Phi) is 13.4. The van der Waals surface area contributed by atoms with Crippen molar-refractivity contribution < 1.29 is 210 Å². The Morgan fingerprint density at radius 2 is 1.36 bits per heavy atom. The van der Waals surface area contributed by atoms with Crippen molar-refractivity contribution in [2.24, 2.45) is 0 Å². The standard InChI is InChI=1S/C21H14N2O11S2.3K/c22-13-5-3-10-15(9-2-1-8(20(24)25)7-12(9)21(26)27)11-4-6-14(23)19(36(31,32)33)17(11)34-16(10)18(13)35(28,29)30;;;/h1-7,22H,23H2,(H,24,25)(H,26,27)(H,28,29,30)(H,31,32,33);;;/q;3*+1/p-3. The van der Waals surface area contributed by atoms with Gasteiger partial charge in [0.2, 0.25) is 5.36 Å². The molecule has 1 heterocycles. The van der Waals surface area contributed by atoms with Crippen LogP contribution in [-0.2, 0) is 20.2 Å². The number of benzene rings is 3. The molecule has 2 aliphatic rings. The first kappa shape index (κ1) is 37.6. The van der Waals surface area contributed by atoms with Crippen molar-refractivity contribution in [1.82, 2.24) is 0 Å². The van der Waals surface area contributed by atoms with Crippen molar-refractivity contribution in [2.75, 3.05) is 5.73 Å². The van der Waals surface area contributed by atoms with Gasteiger partial charge < -0.3 is 39.1 Å². The maximum atomic E-state index is 12.0. The first-order chi connectivity index (χ1) is 16.6. The smallest absolute Gasteiger partial charge is 0.744 e. The van der Waals surface area contributed by atoms with Crippen molar-refractivity contribution in [3.8, 4) is 22.5 Å². The summed E-state index contributed by atoms with van der Waals surface area (Å²) in [5, 5.41) is 28.0. The molecule has 13 nitrogen and oxygen atoms in total. The van der Waals surface area contributed by atoms with E-state index in [1.165, 1.54) is 0 Å². The third kappa shape index (κ3) is 7.40. The number of nitrogen functional groups attached to an aromatic ring is 1. The van der Waals surface area contributed by atoms with Gasteiger partial charge in [-0.25, -0.2) is 16.8 Å². The zero-order valence-electron chi connectivity index (χ0n) is 20.5. The van der Waals surface area contributed by atoms with E-state index in [1.54, 1.807) is 0 Å².